The molecule has 2 nitrogen and oxygen atoms in total. The van der Waals surface area contributed by atoms with E-state index >= 15 is 0 Å². The Morgan fingerprint density at radius 3 is 2.45 bits per heavy atom. The van der Waals surface area contributed by atoms with Crippen molar-refractivity contribution in [3.63, 3.8) is 0 Å². The van der Waals surface area contributed by atoms with Gasteiger partial charge in [-0.05, 0) is 61.6 Å². The molecule has 0 saturated heterocycles. The minimum absolute atomic E-state index is 0.645. The molecule has 112 valence electrons. The van der Waals surface area contributed by atoms with Crippen LogP contribution in [0.15, 0.2) is 42.5 Å². The van der Waals surface area contributed by atoms with Gasteiger partial charge in [-0.25, -0.2) is 4.98 Å². The van der Waals surface area contributed by atoms with E-state index in [0.29, 0.717) is 5.92 Å². The highest BCUT2D eigenvalue weighted by Gasteiger charge is 2.08. The molecule has 0 amide bonds. The molecule has 0 unspecified atom stereocenters. The van der Waals surface area contributed by atoms with Crippen LogP contribution in [0.5, 0.6) is 0 Å². The smallest absolute Gasteiger partial charge is 0.0894 e. The average Bonchev–Trinajstić information content (AvgIpc) is 2.45. The van der Waals surface area contributed by atoms with Gasteiger partial charge >= 0.3 is 0 Å². The van der Waals surface area contributed by atoms with E-state index in [9.17, 15) is 0 Å². The summed E-state index contributed by atoms with van der Waals surface area (Å²) in [4.78, 5) is 9.45. The molecule has 0 N–H and O–H groups in total. The normalized spacial score (nSPS) is 11.3. The second kappa shape index (κ2) is 5.88. The van der Waals surface area contributed by atoms with Crippen molar-refractivity contribution in [1.82, 2.24) is 9.97 Å². The number of hydrogen-bond acceptors (Lipinski definition) is 2. The van der Waals surface area contributed by atoms with Crippen LogP contribution in [0, 0.1) is 19.8 Å². The number of hydrogen-bond donors (Lipinski definition) is 0. The molecule has 2 heteroatoms. The van der Waals surface area contributed by atoms with Gasteiger partial charge in [-0.1, -0.05) is 32.0 Å². The predicted octanol–water partition coefficient (Wildman–Crippen LogP) is 5.11. The van der Waals surface area contributed by atoms with E-state index in [2.05, 4.69) is 68.2 Å². The first-order chi connectivity index (χ1) is 10.5. The maximum Gasteiger partial charge on any atom is 0.0894 e. The first kappa shape index (κ1) is 14.7. The third-order valence-corrected chi connectivity index (χ3v) is 3.81. The second-order valence-corrected chi connectivity index (χ2v) is 6.45. The molecule has 0 radical (unpaired) electrons. The summed E-state index contributed by atoms with van der Waals surface area (Å²) in [7, 11) is 0. The topological polar surface area (TPSA) is 25.8 Å². The van der Waals surface area contributed by atoms with E-state index in [4.69, 9.17) is 4.98 Å². The number of aromatic nitrogens is 2. The summed E-state index contributed by atoms with van der Waals surface area (Å²) in [6, 6.07) is 14.9. The Bertz CT molecular complexity index is 799. The highest BCUT2D eigenvalue weighted by molar-refractivity contribution is 5.84. The lowest BCUT2D eigenvalue weighted by molar-refractivity contribution is 0.650. The summed E-state index contributed by atoms with van der Waals surface area (Å²) < 4.78 is 0. The molecule has 3 rings (SSSR count). The van der Waals surface area contributed by atoms with Crippen LogP contribution < -0.4 is 0 Å². The van der Waals surface area contributed by atoms with Crippen molar-refractivity contribution in [3.8, 4) is 11.4 Å². The molecular weight excluding hydrogens is 268 g/mol. The Kier molecular flexibility index (Phi) is 3.93. The van der Waals surface area contributed by atoms with Gasteiger partial charge in [0.25, 0.3) is 0 Å². The van der Waals surface area contributed by atoms with Crippen molar-refractivity contribution in [2.75, 3.05) is 0 Å². The number of benzene rings is 1. The van der Waals surface area contributed by atoms with E-state index in [-0.39, 0.29) is 0 Å². The monoisotopic (exact) mass is 290 g/mol. The molecule has 1 aromatic carbocycles. The summed E-state index contributed by atoms with van der Waals surface area (Å²) in [5, 5.41) is 1.25. The van der Waals surface area contributed by atoms with Crippen LogP contribution in [0.2, 0.25) is 0 Å². The Morgan fingerprint density at radius 2 is 1.73 bits per heavy atom. The SMILES string of the molecule is Cc1cc(C)nc(-c2ccc3c(CC(C)C)cccc3n2)c1. The number of fused-ring (bicyclic) bond motifs is 1. The molecular formula is C20H22N2. The van der Waals surface area contributed by atoms with Gasteiger partial charge in [0.1, 0.15) is 0 Å². The molecule has 0 atom stereocenters. The van der Waals surface area contributed by atoms with Crippen LogP contribution in [-0.4, -0.2) is 9.97 Å². The standard InChI is InChI=1S/C20H22N2/c1-13(2)10-16-6-5-7-18-17(16)8-9-19(22-18)20-12-14(3)11-15(4)21-20/h5-9,11-13H,10H2,1-4H3. The van der Waals surface area contributed by atoms with Gasteiger partial charge in [0.15, 0.2) is 0 Å². The lowest BCUT2D eigenvalue weighted by atomic mass is 9.98. The third-order valence-electron chi connectivity index (χ3n) is 3.81. The first-order valence-electron chi connectivity index (χ1n) is 7.87. The molecule has 0 aliphatic rings. The van der Waals surface area contributed by atoms with Crippen molar-refractivity contribution in [1.29, 1.82) is 0 Å². The predicted molar refractivity (Wildman–Crippen MR) is 93.0 cm³/mol. The molecule has 0 saturated carbocycles. The highest BCUT2D eigenvalue weighted by Crippen LogP contribution is 2.24. The molecule has 22 heavy (non-hydrogen) atoms. The van der Waals surface area contributed by atoms with E-state index in [0.717, 1.165) is 29.0 Å². The zero-order valence-corrected chi connectivity index (χ0v) is 13.7. The Morgan fingerprint density at radius 1 is 0.909 bits per heavy atom. The zero-order valence-electron chi connectivity index (χ0n) is 13.7. The Balaban J connectivity index is 2.10. The van der Waals surface area contributed by atoms with E-state index in [1.54, 1.807) is 0 Å². The van der Waals surface area contributed by atoms with Gasteiger partial charge in [-0.15, -0.1) is 0 Å². The van der Waals surface area contributed by atoms with Crippen LogP contribution in [0.4, 0.5) is 0 Å². The quantitative estimate of drug-likeness (QED) is 0.669. The summed E-state index contributed by atoms with van der Waals surface area (Å²) in [6.45, 7) is 8.62. The van der Waals surface area contributed by atoms with E-state index in [1.165, 1.54) is 16.5 Å². The minimum Gasteiger partial charge on any atom is -0.251 e. The lowest BCUT2D eigenvalue weighted by Crippen LogP contribution is -1.97. The molecule has 2 heterocycles. The van der Waals surface area contributed by atoms with Gasteiger partial charge in [0, 0.05) is 11.1 Å². The maximum absolute atomic E-state index is 4.83. The first-order valence-corrected chi connectivity index (χ1v) is 7.87. The molecule has 0 aliphatic heterocycles. The molecule has 2 aromatic heterocycles. The number of rotatable bonds is 3. The third kappa shape index (κ3) is 3.01. The van der Waals surface area contributed by atoms with E-state index in [1.807, 2.05) is 6.92 Å². The average molecular weight is 290 g/mol. The summed E-state index contributed by atoms with van der Waals surface area (Å²) in [6.07, 6.45) is 1.08. The van der Waals surface area contributed by atoms with Gasteiger partial charge in [-0.2, -0.15) is 0 Å². The van der Waals surface area contributed by atoms with Gasteiger partial charge in [-0.3, -0.25) is 4.98 Å². The Labute approximate surface area is 132 Å². The van der Waals surface area contributed by atoms with Crippen LogP contribution in [-0.2, 0) is 6.42 Å². The van der Waals surface area contributed by atoms with Gasteiger partial charge in [0.05, 0.1) is 16.9 Å². The summed E-state index contributed by atoms with van der Waals surface area (Å²) in [5.74, 6) is 0.645. The summed E-state index contributed by atoms with van der Waals surface area (Å²) >= 11 is 0. The zero-order chi connectivity index (χ0) is 15.7. The molecule has 0 spiro atoms. The van der Waals surface area contributed by atoms with Crippen LogP contribution >= 0.6 is 0 Å². The Hall–Kier alpha value is -2.22. The molecule has 3 aromatic rings. The minimum atomic E-state index is 0.645. The number of nitrogens with zero attached hydrogens (tertiary/aromatic N) is 2. The molecule has 0 fully saturated rings. The lowest BCUT2D eigenvalue weighted by Gasteiger charge is -2.10. The molecule has 0 aliphatic carbocycles. The summed E-state index contributed by atoms with van der Waals surface area (Å²) in [5.41, 5.74) is 6.58. The maximum atomic E-state index is 4.83. The number of aryl methyl sites for hydroxylation is 2. The second-order valence-electron chi connectivity index (χ2n) is 6.45. The van der Waals surface area contributed by atoms with E-state index < -0.39 is 0 Å². The van der Waals surface area contributed by atoms with Crippen molar-refractivity contribution in [2.24, 2.45) is 5.92 Å². The molecule has 0 bridgehead atoms. The van der Waals surface area contributed by atoms with Gasteiger partial charge < -0.3 is 0 Å². The van der Waals surface area contributed by atoms with Crippen molar-refractivity contribution >= 4 is 10.9 Å². The van der Waals surface area contributed by atoms with Crippen LogP contribution in [0.3, 0.4) is 0 Å². The van der Waals surface area contributed by atoms with Crippen LogP contribution in [0.25, 0.3) is 22.3 Å². The fourth-order valence-corrected chi connectivity index (χ4v) is 2.95. The van der Waals surface area contributed by atoms with Crippen LogP contribution in [0.1, 0.15) is 30.7 Å². The largest absolute Gasteiger partial charge is 0.251 e. The fourth-order valence-electron chi connectivity index (χ4n) is 2.95. The van der Waals surface area contributed by atoms with Gasteiger partial charge in [0.2, 0.25) is 0 Å². The highest BCUT2D eigenvalue weighted by atomic mass is 14.8. The number of pyridine rings is 2. The fraction of sp³-hybridized carbons (Fsp3) is 0.300. The van der Waals surface area contributed by atoms with Crippen molar-refractivity contribution in [3.05, 3.63) is 59.3 Å². The van der Waals surface area contributed by atoms with Crippen molar-refractivity contribution < 1.29 is 0 Å². The van der Waals surface area contributed by atoms with Crippen molar-refractivity contribution in [2.45, 2.75) is 34.1 Å².